The van der Waals surface area contributed by atoms with E-state index in [-0.39, 0.29) is 0 Å². The van der Waals surface area contributed by atoms with Crippen LogP contribution in [0.1, 0.15) is 13.8 Å². The molecule has 0 unspecified atom stereocenters. The minimum atomic E-state index is 0.560. The van der Waals surface area contributed by atoms with E-state index < -0.39 is 0 Å². The number of ether oxygens (including phenoxy) is 1. The summed E-state index contributed by atoms with van der Waals surface area (Å²) in [6.45, 7) is 4.99. The molecule has 3 heteroatoms. The molecule has 0 bridgehead atoms. The number of nitrogens with zero attached hydrogens (tertiary/aromatic N) is 2. The summed E-state index contributed by atoms with van der Waals surface area (Å²) in [6, 6.07) is 1.86. The second-order valence-corrected chi connectivity index (χ2v) is 3.00. The molecule has 62 valence electrons. The highest BCUT2D eigenvalue weighted by molar-refractivity contribution is 5.06. The van der Waals surface area contributed by atoms with Crippen molar-refractivity contribution in [3.63, 3.8) is 0 Å². The van der Waals surface area contributed by atoms with Crippen molar-refractivity contribution in [3.8, 4) is 5.88 Å². The lowest BCUT2D eigenvalue weighted by Crippen LogP contribution is -2.07. The molecular formula is C8H14N2O. The van der Waals surface area contributed by atoms with Gasteiger partial charge in [-0.25, -0.2) is 4.68 Å². The Bertz CT molecular complexity index is 218. The average molecular weight is 154 g/mol. The van der Waals surface area contributed by atoms with Gasteiger partial charge in [0, 0.05) is 13.1 Å². The van der Waals surface area contributed by atoms with E-state index in [9.17, 15) is 0 Å². The number of aromatic nitrogens is 2. The van der Waals surface area contributed by atoms with Gasteiger partial charge in [-0.1, -0.05) is 13.8 Å². The maximum absolute atomic E-state index is 5.44. The van der Waals surface area contributed by atoms with Gasteiger partial charge in [-0.2, -0.15) is 5.10 Å². The fraction of sp³-hybridized carbons (Fsp3) is 0.625. The van der Waals surface area contributed by atoms with Crippen LogP contribution in [0.4, 0.5) is 0 Å². The van der Waals surface area contributed by atoms with Crippen LogP contribution in [0, 0.1) is 5.92 Å². The normalized spacial score (nSPS) is 10.5. The van der Waals surface area contributed by atoms with Crippen LogP contribution in [0.15, 0.2) is 12.3 Å². The van der Waals surface area contributed by atoms with Crippen LogP contribution >= 0.6 is 0 Å². The van der Waals surface area contributed by atoms with Gasteiger partial charge in [-0.3, -0.25) is 0 Å². The van der Waals surface area contributed by atoms with Crippen molar-refractivity contribution >= 4 is 0 Å². The number of rotatable bonds is 3. The predicted octanol–water partition coefficient (Wildman–Crippen LogP) is 1.45. The van der Waals surface area contributed by atoms with E-state index in [1.54, 1.807) is 10.9 Å². The average Bonchev–Trinajstić information content (AvgIpc) is 2.31. The molecule has 0 aliphatic rings. The fourth-order valence-corrected chi connectivity index (χ4v) is 0.755. The van der Waals surface area contributed by atoms with Crippen LogP contribution < -0.4 is 4.74 Å². The Morgan fingerprint density at radius 3 is 2.82 bits per heavy atom. The third-order valence-corrected chi connectivity index (χ3v) is 1.34. The van der Waals surface area contributed by atoms with Gasteiger partial charge < -0.3 is 4.74 Å². The first-order valence-corrected chi connectivity index (χ1v) is 3.81. The zero-order chi connectivity index (χ0) is 8.27. The third kappa shape index (κ3) is 2.26. The lowest BCUT2D eigenvalue weighted by atomic mass is 10.2. The quantitative estimate of drug-likeness (QED) is 0.659. The first kappa shape index (κ1) is 8.11. The van der Waals surface area contributed by atoms with Crippen LogP contribution in [0.5, 0.6) is 5.88 Å². The Morgan fingerprint density at radius 2 is 2.36 bits per heavy atom. The Hall–Kier alpha value is -0.990. The molecule has 11 heavy (non-hydrogen) atoms. The van der Waals surface area contributed by atoms with Crippen LogP contribution in [0.2, 0.25) is 0 Å². The second-order valence-electron chi connectivity index (χ2n) is 3.00. The van der Waals surface area contributed by atoms with Crippen molar-refractivity contribution in [1.29, 1.82) is 0 Å². The summed E-state index contributed by atoms with van der Waals surface area (Å²) in [5.41, 5.74) is 0. The molecule has 1 aromatic rings. The van der Waals surface area contributed by atoms with Crippen LogP contribution in [0.3, 0.4) is 0 Å². The molecule has 1 heterocycles. The van der Waals surface area contributed by atoms with Crippen molar-refractivity contribution < 1.29 is 4.74 Å². The van der Waals surface area contributed by atoms with Gasteiger partial charge in [0.05, 0.1) is 12.8 Å². The van der Waals surface area contributed by atoms with E-state index >= 15 is 0 Å². The molecule has 0 amide bonds. The van der Waals surface area contributed by atoms with E-state index in [4.69, 9.17) is 4.74 Å². The van der Waals surface area contributed by atoms with E-state index in [0.717, 1.165) is 12.5 Å². The standard InChI is InChI=1S/C8H14N2O/c1-7(2)6-11-8-4-5-9-10(8)3/h4-5,7H,6H2,1-3H3. The highest BCUT2D eigenvalue weighted by atomic mass is 16.5. The Labute approximate surface area is 67.0 Å². The molecule has 1 rings (SSSR count). The van der Waals surface area contributed by atoms with Crippen LogP contribution in [-0.2, 0) is 7.05 Å². The van der Waals surface area contributed by atoms with E-state index in [2.05, 4.69) is 18.9 Å². The molecule has 0 saturated heterocycles. The lowest BCUT2D eigenvalue weighted by molar-refractivity contribution is 0.250. The van der Waals surface area contributed by atoms with Gasteiger partial charge in [-0.05, 0) is 5.92 Å². The first-order valence-electron chi connectivity index (χ1n) is 3.81. The van der Waals surface area contributed by atoms with Gasteiger partial charge in [0.15, 0.2) is 0 Å². The Kier molecular flexibility index (Phi) is 2.52. The van der Waals surface area contributed by atoms with Crippen LogP contribution in [-0.4, -0.2) is 16.4 Å². The maximum atomic E-state index is 5.44. The second kappa shape index (κ2) is 3.42. The third-order valence-electron chi connectivity index (χ3n) is 1.34. The molecule has 0 radical (unpaired) electrons. The summed E-state index contributed by atoms with van der Waals surface area (Å²) in [7, 11) is 1.87. The highest BCUT2D eigenvalue weighted by Gasteiger charge is 1.99. The van der Waals surface area contributed by atoms with E-state index in [1.807, 2.05) is 13.1 Å². The van der Waals surface area contributed by atoms with E-state index in [1.165, 1.54) is 0 Å². The lowest BCUT2D eigenvalue weighted by Gasteiger charge is -2.07. The topological polar surface area (TPSA) is 27.1 Å². The summed E-state index contributed by atoms with van der Waals surface area (Å²) < 4.78 is 7.16. The monoisotopic (exact) mass is 154 g/mol. The summed E-state index contributed by atoms with van der Waals surface area (Å²) in [5.74, 6) is 1.39. The summed E-state index contributed by atoms with van der Waals surface area (Å²) in [4.78, 5) is 0. The number of hydrogen-bond acceptors (Lipinski definition) is 2. The van der Waals surface area contributed by atoms with Gasteiger partial charge in [0.25, 0.3) is 0 Å². The van der Waals surface area contributed by atoms with Crippen molar-refractivity contribution in [2.24, 2.45) is 13.0 Å². The molecule has 3 nitrogen and oxygen atoms in total. The zero-order valence-corrected chi connectivity index (χ0v) is 7.24. The molecule has 0 spiro atoms. The Morgan fingerprint density at radius 1 is 1.64 bits per heavy atom. The molecule has 1 aromatic heterocycles. The molecule has 0 aliphatic carbocycles. The minimum Gasteiger partial charge on any atom is -0.478 e. The molecule has 0 aromatic carbocycles. The smallest absolute Gasteiger partial charge is 0.211 e. The van der Waals surface area contributed by atoms with Crippen LogP contribution in [0.25, 0.3) is 0 Å². The maximum Gasteiger partial charge on any atom is 0.211 e. The SMILES string of the molecule is CC(C)COc1ccnn1C. The zero-order valence-electron chi connectivity index (χ0n) is 7.24. The summed E-state index contributed by atoms with van der Waals surface area (Å²) in [6.07, 6.45) is 1.73. The fourth-order valence-electron chi connectivity index (χ4n) is 0.755. The van der Waals surface area contributed by atoms with Crippen molar-refractivity contribution in [2.45, 2.75) is 13.8 Å². The van der Waals surface area contributed by atoms with Crippen molar-refractivity contribution in [3.05, 3.63) is 12.3 Å². The summed E-state index contributed by atoms with van der Waals surface area (Å²) in [5, 5.41) is 3.99. The van der Waals surface area contributed by atoms with E-state index in [0.29, 0.717) is 5.92 Å². The van der Waals surface area contributed by atoms with Gasteiger partial charge >= 0.3 is 0 Å². The van der Waals surface area contributed by atoms with Crippen molar-refractivity contribution in [2.75, 3.05) is 6.61 Å². The van der Waals surface area contributed by atoms with Crippen molar-refractivity contribution in [1.82, 2.24) is 9.78 Å². The number of aryl methyl sites for hydroxylation is 1. The Balaban J connectivity index is 2.44. The molecular weight excluding hydrogens is 140 g/mol. The molecule has 0 fully saturated rings. The minimum absolute atomic E-state index is 0.560. The van der Waals surface area contributed by atoms with Gasteiger partial charge in [-0.15, -0.1) is 0 Å². The molecule has 0 atom stereocenters. The predicted molar refractivity (Wildman–Crippen MR) is 43.5 cm³/mol. The van der Waals surface area contributed by atoms with Gasteiger partial charge in [0.1, 0.15) is 0 Å². The largest absolute Gasteiger partial charge is 0.478 e. The highest BCUT2D eigenvalue weighted by Crippen LogP contribution is 2.07. The first-order chi connectivity index (χ1) is 5.20. The van der Waals surface area contributed by atoms with Gasteiger partial charge in [0.2, 0.25) is 5.88 Å². The summed E-state index contributed by atoms with van der Waals surface area (Å²) >= 11 is 0. The number of hydrogen-bond donors (Lipinski definition) is 0. The molecule has 0 saturated carbocycles. The molecule has 0 N–H and O–H groups in total. The molecule has 0 aliphatic heterocycles.